The van der Waals surface area contributed by atoms with Gasteiger partial charge in [-0.1, -0.05) is 18.2 Å². The maximum Gasteiger partial charge on any atom is 0.253 e. The molecule has 4 heteroatoms. The van der Waals surface area contributed by atoms with Gasteiger partial charge in [0, 0.05) is 23.2 Å². The van der Waals surface area contributed by atoms with E-state index in [4.69, 9.17) is 5.73 Å². The Morgan fingerprint density at radius 3 is 2.68 bits per heavy atom. The molecule has 1 unspecified atom stereocenters. The molecule has 1 aromatic heterocycles. The number of nitrogens with two attached hydrogens (primary N) is 1. The Labute approximate surface area is 113 Å². The van der Waals surface area contributed by atoms with Crippen LogP contribution in [0.2, 0.25) is 0 Å². The minimum absolute atomic E-state index is 0.139. The van der Waals surface area contributed by atoms with Crippen LogP contribution in [-0.2, 0) is 0 Å². The van der Waals surface area contributed by atoms with Crippen LogP contribution in [0.15, 0.2) is 36.5 Å². The summed E-state index contributed by atoms with van der Waals surface area (Å²) in [5.41, 5.74) is 6.70. The van der Waals surface area contributed by atoms with Gasteiger partial charge in [-0.15, -0.1) is 0 Å². The van der Waals surface area contributed by atoms with Gasteiger partial charge in [0.25, 0.3) is 5.91 Å². The maximum absolute atomic E-state index is 12.4. The van der Waals surface area contributed by atoms with Crippen molar-refractivity contribution in [2.75, 3.05) is 0 Å². The molecule has 0 fully saturated rings. The van der Waals surface area contributed by atoms with Crippen LogP contribution in [0.4, 0.5) is 0 Å². The van der Waals surface area contributed by atoms with Gasteiger partial charge in [0.2, 0.25) is 0 Å². The van der Waals surface area contributed by atoms with Crippen molar-refractivity contribution >= 4 is 16.8 Å². The van der Waals surface area contributed by atoms with Crippen molar-refractivity contribution in [3.63, 3.8) is 0 Å². The first-order valence-electron chi connectivity index (χ1n) is 6.33. The fourth-order valence-electron chi connectivity index (χ4n) is 1.76. The normalized spacial score (nSPS) is 13.3. The predicted octanol–water partition coefficient (Wildman–Crippen LogP) is 2.09. The minimum Gasteiger partial charge on any atom is -0.346 e. The molecule has 0 radical (unpaired) electrons. The number of rotatable bonds is 3. The van der Waals surface area contributed by atoms with Gasteiger partial charge in [-0.2, -0.15) is 0 Å². The van der Waals surface area contributed by atoms with Gasteiger partial charge in [-0.3, -0.25) is 9.78 Å². The van der Waals surface area contributed by atoms with E-state index in [1.54, 1.807) is 12.3 Å². The van der Waals surface area contributed by atoms with Gasteiger partial charge in [0.1, 0.15) is 0 Å². The molecular formula is C15H19N3O. The fraction of sp³-hybridized carbons (Fsp3) is 0.333. The van der Waals surface area contributed by atoms with Crippen LogP contribution < -0.4 is 11.1 Å². The number of amides is 1. The van der Waals surface area contributed by atoms with E-state index in [0.29, 0.717) is 11.1 Å². The van der Waals surface area contributed by atoms with E-state index in [0.717, 1.165) is 5.39 Å². The van der Waals surface area contributed by atoms with Crippen molar-refractivity contribution in [1.29, 1.82) is 0 Å². The molecule has 1 amide bonds. The van der Waals surface area contributed by atoms with Crippen LogP contribution in [0.25, 0.3) is 10.9 Å². The average Bonchev–Trinajstić information content (AvgIpc) is 2.37. The Morgan fingerprint density at radius 2 is 2.00 bits per heavy atom. The van der Waals surface area contributed by atoms with Crippen LogP contribution in [0.3, 0.4) is 0 Å². The molecule has 2 aromatic rings. The number of carbonyl (C=O) groups is 1. The highest BCUT2D eigenvalue weighted by atomic mass is 16.1. The Kier molecular flexibility index (Phi) is 3.53. The quantitative estimate of drug-likeness (QED) is 0.884. The first-order valence-corrected chi connectivity index (χ1v) is 6.33. The summed E-state index contributed by atoms with van der Waals surface area (Å²) in [7, 11) is 0. The highest BCUT2D eigenvalue weighted by Gasteiger charge is 2.26. The number of nitrogens with zero attached hydrogens (tertiary/aromatic N) is 1. The van der Waals surface area contributed by atoms with E-state index >= 15 is 0 Å². The number of benzene rings is 1. The number of nitrogens with one attached hydrogen (secondary N) is 1. The van der Waals surface area contributed by atoms with Crippen molar-refractivity contribution in [2.24, 2.45) is 5.73 Å². The highest BCUT2D eigenvalue weighted by molar-refractivity contribution is 6.05. The van der Waals surface area contributed by atoms with E-state index in [1.807, 2.05) is 45.0 Å². The van der Waals surface area contributed by atoms with Gasteiger partial charge >= 0.3 is 0 Å². The Balaban J connectivity index is 2.37. The molecule has 3 N–H and O–H groups in total. The number of hydrogen-bond acceptors (Lipinski definition) is 3. The predicted molar refractivity (Wildman–Crippen MR) is 76.9 cm³/mol. The van der Waals surface area contributed by atoms with E-state index in [9.17, 15) is 4.79 Å². The zero-order valence-corrected chi connectivity index (χ0v) is 11.5. The maximum atomic E-state index is 12.4. The lowest BCUT2D eigenvalue weighted by Crippen LogP contribution is -2.54. The molecule has 4 nitrogen and oxygen atoms in total. The molecule has 1 atom stereocenters. The molecule has 1 heterocycles. The molecule has 0 aliphatic carbocycles. The second-order valence-corrected chi connectivity index (χ2v) is 5.35. The van der Waals surface area contributed by atoms with E-state index in [-0.39, 0.29) is 11.9 Å². The molecular weight excluding hydrogens is 238 g/mol. The van der Waals surface area contributed by atoms with Gasteiger partial charge < -0.3 is 11.1 Å². The summed E-state index contributed by atoms with van der Waals surface area (Å²) < 4.78 is 0. The SMILES string of the molecule is CC(N)C(C)(C)NC(=O)c1cccc2cccnc12. The third kappa shape index (κ3) is 2.74. The summed E-state index contributed by atoms with van der Waals surface area (Å²) in [6.45, 7) is 5.70. The van der Waals surface area contributed by atoms with Gasteiger partial charge in [0.15, 0.2) is 0 Å². The first-order chi connectivity index (χ1) is 8.92. The van der Waals surface area contributed by atoms with Crippen molar-refractivity contribution in [1.82, 2.24) is 10.3 Å². The molecule has 0 spiro atoms. The molecule has 0 bridgehead atoms. The number of pyridine rings is 1. The van der Waals surface area contributed by atoms with Crippen molar-refractivity contribution in [3.8, 4) is 0 Å². The zero-order valence-electron chi connectivity index (χ0n) is 11.5. The average molecular weight is 257 g/mol. The van der Waals surface area contributed by atoms with E-state index in [2.05, 4.69) is 10.3 Å². The molecule has 0 saturated carbocycles. The lowest BCUT2D eigenvalue weighted by molar-refractivity contribution is 0.0905. The Bertz CT molecular complexity index is 600. The Hall–Kier alpha value is -1.94. The van der Waals surface area contributed by atoms with Gasteiger partial charge in [-0.05, 0) is 32.9 Å². The fourth-order valence-corrected chi connectivity index (χ4v) is 1.76. The summed E-state index contributed by atoms with van der Waals surface area (Å²) in [6.07, 6.45) is 1.69. The largest absolute Gasteiger partial charge is 0.346 e. The van der Waals surface area contributed by atoms with Gasteiger partial charge in [0.05, 0.1) is 11.1 Å². The van der Waals surface area contributed by atoms with Gasteiger partial charge in [-0.25, -0.2) is 0 Å². The monoisotopic (exact) mass is 257 g/mol. The van der Waals surface area contributed by atoms with Crippen LogP contribution in [0, 0.1) is 0 Å². The minimum atomic E-state index is -0.464. The van der Waals surface area contributed by atoms with E-state index in [1.165, 1.54) is 0 Å². The van der Waals surface area contributed by atoms with Crippen molar-refractivity contribution in [3.05, 3.63) is 42.1 Å². The summed E-state index contributed by atoms with van der Waals surface area (Å²) in [5.74, 6) is -0.147. The molecule has 19 heavy (non-hydrogen) atoms. The summed E-state index contributed by atoms with van der Waals surface area (Å²) in [5, 5.41) is 3.91. The number of fused-ring (bicyclic) bond motifs is 1. The van der Waals surface area contributed by atoms with Crippen LogP contribution in [0.1, 0.15) is 31.1 Å². The van der Waals surface area contributed by atoms with Crippen LogP contribution >= 0.6 is 0 Å². The topological polar surface area (TPSA) is 68.0 Å². The highest BCUT2D eigenvalue weighted by Crippen LogP contribution is 2.17. The Morgan fingerprint density at radius 1 is 1.32 bits per heavy atom. The second-order valence-electron chi connectivity index (χ2n) is 5.35. The molecule has 0 aliphatic heterocycles. The molecule has 100 valence electrons. The van der Waals surface area contributed by atoms with Crippen LogP contribution in [0.5, 0.6) is 0 Å². The number of aromatic nitrogens is 1. The summed E-state index contributed by atoms with van der Waals surface area (Å²) in [4.78, 5) is 16.7. The molecule has 0 aliphatic rings. The second kappa shape index (κ2) is 4.97. The summed E-state index contributed by atoms with van der Waals surface area (Å²) >= 11 is 0. The number of para-hydroxylation sites is 1. The smallest absolute Gasteiger partial charge is 0.253 e. The molecule has 0 saturated heterocycles. The molecule has 2 rings (SSSR count). The number of hydrogen-bond donors (Lipinski definition) is 2. The van der Waals surface area contributed by atoms with Crippen molar-refractivity contribution in [2.45, 2.75) is 32.4 Å². The molecule has 1 aromatic carbocycles. The lowest BCUT2D eigenvalue weighted by Gasteiger charge is -2.30. The third-order valence-corrected chi connectivity index (χ3v) is 3.45. The first kappa shape index (κ1) is 13.5. The zero-order chi connectivity index (χ0) is 14.0. The standard InChI is InChI=1S/C15H19N3O/c1-10(16)15(2,3)18-14(19)12-8-4-6-11-7-5-9-17-13(11)12/h4-10H,16H2,1-3H3,(H,18,19). The summed E-state index contributed by atoms with van der Waals surface area (Å²) in [6, 6.07) is 9.24. The third-order valence-electron chi connectivity index (χ3n) is 3.45. The van der Waals surface area contributed by atoms with Crippen molar-refractivity contribution < 1.29 is 4.79 Å². The lowest BCUT2D eigenvalue weighted by atomic mass is 9.96. The number of carbonyl (C=O) groups excluding carboxylic acids is 1. The van der Waals surface area contributed by atoms with E-state index < -0.39 is 5.54 Å². The van der Waals surface area contributed by atoms with Crippen LogP contribution in [-0.4, -0.2) is 22.5 Å².